The Morgan fingerprint density at radius 2 is 2.00 bits per heavy atom. The minimum absolute atomic E-state index is 0.175. The molecule has 1 aromatic carbocycles. The van der Waals surface area contributed by atoms with Gasteiger partial charge in [-0.25, -0.2) is 4.79 Å². The van der Waals surface area contributed by atoms with Gasteiger partial charge in [0.25, 0.3) is 5.56 Å². The molecule has 5 nitrogen and oxygen atoms in total. The summed E-state index contributed by atoms with van der Waals surface area (Å²) in [6.07, 6.45) is 0. The Morgan fingerprint density at radius 3 is 2.67 bits per heavy atom. The third-order valence-electron chi connectivity index (χ3n) is 4.04. The standard InChI is InChI=1S/C18H18N2O3S/c1-5-23-18(22)16-14-9-24-12(4)15(14)17(21)20(19-16)13-7-6-10(2)11(3)8-13/h6-9H,5H2,1-4H3. The van der Waals surface area contributed by atoms with Gasteiger partial charge >= 0.3 is 5.97 Å². The number of carbonyl (C=O) groups is 1. The number of nitrogens with zero attached hydrogens (tertiary/aromatic N) is 2. The molecule has 2 aromatic heterocycles. The molecule has 3 aromatic rings. The average molecular weight is 342 g/mol. The van der Waals surface area contributed by atoms with Gasteiger partial charge in [0.15, 0.2) is 5.69 Å². The number of hydrogen-bond donors (Lipinski definition) is 0. The number of fused-ring (bicyclic) bond motifs is 1. The van der Waals surface area contributed by atoms with Gasteiger partial charge < -0.3 is 4.74 Å². The van der Waals surface area contributed by atoms with E-state index < -0.39 is 5.97 Å². The molecule has 0 atom stereocenters. The van der Waals surface area contributed by atoms with Crippen molar-refractivity contribution in [1.29, 1.82) is 0 Å². The second-order valence-electron chi connectivity index (χ2n) is 5.64. The van der Waals surface area contributed by atoms with Crippen LogP contribution in [0.15, 0.2) is 28.4 Å². The van der Waals surface area contributed by atoms with Crippen molar-refractivity contribution in [1.82, 2.24) is 9.78 Å². The number of carbonyl (C=O) groups excluding carboxylic acids is 1. The highest BCUT2D eigenvalue weighted by Crippen LogP contribution is 2.25. The quantitative estimate of drug-likeness (QED) is 0.683. The Hall–Kier alpha value is -2.47. The fraction of sp³-hybridized carbons (Fsp3) is 0.278. The second-order valence-corrected chi connectivity index (χ2v) is 6.72. The molecule has 0 aliphatic rings. The van der Waals surface area contributed by atoms with Gasteiger partial charge in [0.1, 0.15) is 0 Å². The minimum Gasteiger partial charge on any atom is -0.461 e. The maximum absolute atomic E-state index is 12.9. The highest BCUT2D eigenvalue weighted by atomic mass is 32.1. The maximum Gasteiger partial charge on any atom is 0.359 e. The van der Waals surface area contributed by atoms with Crippen LogP contribution >= 0.6 is 11.3 Å². The zero-order valence-corrected chi connectivity index (χ0v) is 14.9. The first kappa shape index (κ1) is 16.4. The van der Waals surface area contributed by atoms with Crippen LogP contribution in [0.4, 0.5) is 0 Å². The molecule has 0 aliphatic heterocycles. The summed E-state index contributed by atoms with van der Waals surface area (Å²) in [5.41, 5.74) is 2.78. The third-order valence-corrected chi connectivity index (χ3v) is 4.95. The first-order valence-corrected chi connectivity index (χ1v) is 8.58. The molecular formula is C18H18N2O3S. The lowest BCUT2D eigenvalue weighted by Crippen LogP contribution is -2.25. The van der Waals surface area contributed by atoms with E-state index in [4.69, 9.17) is 4.74 Å². The number of aromatic nitrogens is 2. The van der Waals surface area contributed by atoms with Crippen LogP contribution in [0.2, 0.25) is 0 Å². The highest BCUT2D eigenvalue weighted by Gasteiger charge is 2.21. The van der Waals surface area contributed by atoms with Crippen LogP contribution in [0, 0.1) is 20.8 Å². The molecular weight excluding hydrogens is 324 g/mol. The summed E-state index contributed by atoms with van der Waals surface area (Å²) in [5.74, 6) is -0.516. The fourth-order valence-corrected chi connectivity index (χ4v) is 3.42. The molecule has 0 saturated carbocycles. The number of benzene rings is 1. The van der Waals surface area contributed by atoms with Crippen LogP contribution in [-0.4, -0.2) is 22.4 Å². The van der Waals surface area contributed by atoms with Crippen molar-refractivity contribution >= 4 is 28.1 Å². The van der Waals surface area contributed by atoms with Crippen LogP contribution in [0.25, 0.3) is 16.5 Å². The van der Waals surface area contributed by atoms with E-state index >= 15 is 0 Å². The van der Waals surface area contributed by atoms with E-state index in [9.17, 15) is 9.59 Å². The lowest BCUT2D eigenvalue weighted by atomic mass is 10.1. The van der Waals surface area contributed by atoms with Gasteiger partial charge in [0.05, 0.1) is 17.7 Å². The summed E-state index contributed by atoms with van der Waals surface area (Å²) >= 11 is 1.43. The van der Waals surface area contributed by atoms with Gasteiger partial charge in [-0.1, -0.05) is 6.07 Å². The number of hydrogen-bond acceptors (Lipinski definition) is 5. The third kappa shape index (κ3) is 2.63. The molecule has 6 heteroatoms. The summed E-state index contributed by atoms with van der Waals surface area (Å²) in [4.78, 5) is 26.0. The lowest BCUT2D eigenvalue weighted by Gasteiger charge is -2.10. The largest absolute Gasteiger partial charge is 0.461 e. The van der Waals surface area contributed by atoms with Crippen molar-refractivity contribution in [3.05, 3.63) is 55.6 Å². The van der Waals surface area contributed by atoms with Crippen molar-refractivity contribution < 1.29 is 9.53 Å². The first-order valence-electron chi connectivity index (χ1n) is 7.70. The predicted molar refractivity (Wildman–Crippen MR) is 95.4 cm³/mol. The first-order chi connectivity index (χ1) is 11.4. The van der Waals surface area contributed by atoms with Crippen molar-refractivity contribution in [2.24, 2.45) is 0 Å². The van der Waals surface area contributed by atoms with Gasteiger partial charge in [-0.3, -0.25) is 4.79 Å². The molecule has 0 spiro atoms. The molecule has 0 amide bonds. The topological polar surface area (TPSA) is 61.2 Å². The Morgan fingerprint density at radius 1 is 1.25 bits per heavy atom. The van der Waals surface area contributed by atoms with Crippen LogP contribution in [-0.2, 0) is 4.74 Å². The predicted octanol–water partition coefficient (Wildman–Crippen LogP) is 3.55. The molecule has 0 aliphatic carbocycles. The molecule has 0 N–H and O–H groups in total. The Labute approximate surface area is 143 Å². The van der Waals surface area contributed by atoms with Crippen LogP contribution in [0.1, 0.15) is 33.4 Å². The van der Waals surface area contributed by atoms with Crippen molar-refractivity contribution in [3.8, 4) is 5.69 Å². The lowest BCUT2D eigenvalue weighted by molar-refractivity contribution is 0.0520. The van der Waals surface area contributed by atoms with Crippen LogP contribution < -0.4 is 5.56 Å². The van der Waals surface area contributed by atoms with Crippen molar-refractivity contribution in [2.45, 2.75) is 27.7 Å². The zero-order valence-electron chi connectivity index (χ0n) is 14.0. The Bertz CT molecular complexity index is 1000. The Balaban J connectivity index is 2.33. The van der Waals surface area contributed by atoms with E-state index in [0.29, 0.717) is 16.5 Å². The number of esters is 1. The highest BCUT2D eigenvalue weighted by molar-refractivity contribution is 7.11. The second kappa shape index (κ2) is 6.20. The maximum atomic E-state index is 12.9. The molecule has 0 saturated heterocycles. The van der Waals surface area contributed by atoms with Gasteiger partial charge in [-0.2, -0.15) is 9.78 Å². The van der Waals surface area contributed by atoms with E-state index in [1.807, 2.05) is 39.0 Å². The summed E-state index contributed by atoms with van der Waals surface area (Å²) in [5, 5.41) is 7.18. The molecule has 2 heterocycles. The van der Waals surface area contributed by atoms with Gasteiger partial charge in [0.2, 0.25) is 0 Å². The smallest absolute Gasteiger partial charge is 0.359 e. The zero-order chi connectivity index (χ0) is 17.4. The summed E-state index contributed by atoms with van der Waals surface area (Å²) in [6, 6.07) is 5.67. The van der Waals surface area contributed by atoms with Gasteiger partial charge in [-0.05, 0) is 51.0 Å². The summed E-state index contributed by atoms with van der Waals surface area (Å²) < 4.78 is 6.40. The SMILES string of the molecule is CCOC(=O)c1nn(-c2ccc(C)c(C)c2)c(=O)c2c(C)scc12. The van der Waals surface area contributed by atoms with Crippen LogP contribution in [0.3, 0.4) is 0 Å². The number of aryl methyl sites for hydroxylation is 3. The molecule has 3 rings (SSSR count). The Kier molecular flexibility index (Phi) is 4.24. The van der Waals surface area contributed by atoms with Crippen molar-refractivity contribution in [3.63, 3.8) is 0 Å². The fourth-order valence-electron chi connectivity index (χ4n) is 2.58. The number of ether oxygens (including phenoxy) is 1. The van der Waals surface area contributed by atoms with Gasteiger partial charge in [-0.15, -0.1) is 11.3 Å². The number of thiophene rings is 1. The van der Waals surface area contributed by atoms with E-state index in [0.717, 1.165) is 16.0 Å². The van der Waals surface area contributed by atoms with E-state index in [2.05, 4.69) is 5.10 Å². The molecule has 24 heavy (non-hydrogen) atoms. The molecule has 0 unspecified atom stereocenters. The molecule has 0 fully saturated rings. The average Bonchev–Trinajstić information content (AvgIpc) is 2.93. The minimum atomic E-state index is -0.516. The van der Waals surface area contributed by atoms with E-state index in [1.165, 1.54) is 16.0 Å². The molecule has 124 valence electrons. The van der Waals surface area contributed by atoms with E-state index in [1.54, 1.807) is 12.3 Å². The van der Waals surface area contributed by atoms with Gasteiger partial charge in [0, 0.05) is 15.6 Å². The summed E-state index contributed by atoms with van der Waals surface area (Å²) in [6.45, 7) is 7.85. The molecule has 0 bridgehead atoms. The summed E-state index contributed by atoms with van der Waals surface area (Å²) in [7, 11) is 0. The normalized spacial score (nSPS) is 11.0. The van der Waals surface area contributed by atoms with E-state index in [-0.39, 0.29) is 17.9 Å². The van der Waals surface area contributed by atoms with Crippen molar-refractivity contribution in [2.75, 3.05) is 6.61 Å². The molecule has 0 radical (unpaired) electrons. The van der Waals surface area contributed by atoms with Crippen LogP contribution in [0.5, 0.6) is 0 Å². The number of rotatable bonds is 3. The monoisotopic (exact) mass is 342 g/mol.